The molecule has 0 aromatic carbocycles. The van der Waals surface area contributed by atoms with Gasteiger partial charge in [0.05, 0.1) is 30.8 Å². The van der Waals surface area contributed by atoms with Crippen molar-refractivity contribution in [1.29, 1.82) is 0 Å². The largest absolute Gasteiger partial charge is 0.505 e. The first-order chi connectivity index (χ1) is 19.9. The van der Waals surface area contributed by atoms with Gasteiger partial charge in [-0.05, 0) is 6.92 Å². The Balaban J connectivity index is 1.37. The van der Waals surface area contributed by atoms with Gasteiger partial charge >= 0.3 is 23.5 Å². The van der Waals surface area contributed by atoms with Crippen LogP contribution in [-0.4, -0.2) is 85.7 Å². The standard InChI is InChI=1S/C18H23N6O16P3/c1-7-12(26)9(3-25)8(2-20-7)4-36-41(30,31)39-43(34,35)40-42(32,33)37-5-10-13(27)14(28)17(38-10)24-6-21-11-15(24)22-18(19)23-16(11)29/h2-3,6,10,13-14,17,26-28H,4-5H2,1H3,(H,30,31)(H,32,33)(H,34,35)(H3,19,22,23,29)/t10-,13-,14-,17-/m1/s1. The predicted molar refractivity (Wildman–Crippen MR) is 137 cm³/mol. The smallest absolute Gasteiger partial charge is 0.490 e. The molecule has 0 bridgehead atoms. The van der Waals surface area contributed by atoms with Crippen molar-refractivity contribution in [2.45, 2.75) is 38.1 Å². The van der Waals surface area contributed by atoms with Gasteiger partial charge in [0, 0.05) is 11.8 Å². The molecule has 1 saturated heterocycles. The average Bonchev–Trinajstić information content (AvgIpc) is 3.43. The van der Waals surface area contributed by atoms with E-state index >= 15 is 0 Å². The van der Waals surface area contributed by atoms with Crippen LogP contribution in [0.5, 0.6) is 5.75 Å². The minimum absolute atomic E-state index is 0.0517. The van der Waals surface area contributed by atoms with Crippen LogP contribution in [-0.2, 0) is 42.7 Å². The number of fused-ring (bicyclic) bond motifs is 1. The molecular weight excluding hydrogens is 649 g/mol. The summed E-state index contributed by atoms with van der Waals surface area (Å²) >= 11 is 0. The second-order valence-corrected chi connectivity index (χ2v) is 13.3. The number of aromatic amines is 1. The molecular formula is C18H23N6O16P3. The average molecular weight is 672 g/mol. The number of aromatic hydroxyl groups is 1. The lowest BCUT2D eigenvalue weighted by Gasteiger charge is -2.20. The molecule has 7 atom stereocenters. The summed E-state index contributed by atoms with van der Waals surface area (Å²) in [6.45, 7) is -0.642. The third-order valence-electron chi connectivity index (χ3n) is 5.74. The number of aldehydes is 1. The number of phosphoric ester groups is 2. The number of H-pyrrole nitrogens is 1. The third kappa shape index (κ3) is 7.41. The minimum atomic E-state index is -5.90. The van der Waals surface area contributed by atoms with Crippen molar-refractivity contribution in [1.82, 2.24) is 24.5 Å². The number of nitrogens with one attached hydrogen (secondary N) is 1. The molecule has 1 aliphatic rings. The van der Waals surface area contributed by atoms with Crippen molar-refractivity contribution in [2.75, 3.05) is 12.3 Å². The number of nitrogens with zero attached hydrogens (tertiary/aromatic N) is 4. The summed E-state index contributed by atoms with van der Waals surface area (Å²) in [7, 11) is -17.1. The van der Waals surface area contributed by atoms with Crippen molar-refractivity contribution < 1.29 is 70.9 Å². The van der Waals surface area contributed by atoms with E-state index in [-0.39, 0.29) is 40.2 Å². The highest BCUT2D eigenvalue weighted by atomic mass is 31.3. The summed E-state index contributed by atoms with van der Waals surface area (Å²) in [6.07, 6.45) is -4.33. The lowest BCUT2D eigenvalue weighted by atomic mass is 10.1. The lowest BCUT2D eigenvalue weighted by Crippen LogP contribution is -2.33. The maximum Gasteiger partial charge on any atom is 0.490 e. The Labute approximate surface area is 238 Å². The van der Waals surface area contributed by atoms with Crippen molar-refractivity contribution in [3.8, 4) is 5.75 Å². The quantitative estimate of drug-likeness (QED) is 0.0854. The molecule has 0 amide bonds. The number of hydrogen-bond donors (Lipinski definition) is 8. The predicted octanol–water partition coefficient (Wildman–Crippen LogP) is -0.890. The summed E-state index contributed by atoms with van der Waals surface area (Å²) in [5.41, 5.74) is 3.96. The summed E-state index contributed by atoms with van der Waals surface area (Å²) in [5, 5.41) is 30.6. The fraction of sp³-hybridized carbons (Fsp3) is 0.389. The molecule has 0 aliphatic carbocycles. The van der Waals surface area contributed by atoms with Gasteiger partial charge in [0.15, 0.2) is 23.7 Å². The van der Waals surface area contributed by atoms with E-state index in [2.05, 4.69) is 37.6 Å². The number of aryl methyl sites for hydroxylation is 1. The van der Waals surface area contributed by atoms with E-state index in [1.807, 2.05) is 0 Å². The molecule has 0 saturated carbocycles. The van der Waals surface area contributed by atoms with Gasteiger partial charge in [0.2, 0.25) is 5.95 Å². The molecule has 43 heavy (non-hydrogen) atoms. The third-order valence-corrected chi connectivity index (χ3v) is 9.97. The molecule has 3 aromatic heterocycles. The van der Waals surface area contributed by atoms with Gasteiger partial charge in [-0.15, -0.1) is 0 Å². The lowest BCUT2D eigenvalue weighted by molar-refractivity contribution is -0.0503. The van der Waals surface area contributed by atoms with E-state index in [1.54, 1.807) is 0 Å². The van der Waals surface area contributed by atoms with Gasteiger partial charge in [-0.3, -0.25) is 33.2 Å². The fourth-order valence-corrected chi connectivity index (χ4v) is 7.25. The Morgan fingerprint density at radius 1 is 1.09 bits per heavy atom. The number of aliphatic hydroxyl groups is 2. The minimum Gasteiger partial charge on any atom is -0.505 e. The first-order valence-corrected chi connectivity index (χ1v) is 16.0. The van der Waals surface area contributed by atoms with Gasteiger partial charge in [-0.1, -0.05) is 0 Å². The Hall–Kier alpha value is -2.94. The molecule has 9 N–H and O–H groups in total. The molecule has 4 rings (SSSR count). The SMILES string of the molecule is Cc1ncc(COP(=O)(O)OP(=O)(O)OP(=O)(O)OC[C@H]2O[C@@H](n3cnc4c(=O)[nH]c(N)nc43)[C@H](O)[C@@H]2O)c(C=O)c1O. The van der Waals surface area contributed by atoms with Crippen LogP contribution >= 0.6 is 23.5 Å². The monoisotopic (exact) mass is 672 g/mol. The van der Waals surface area contributed by atoms with Crippen molar-refractivity contribution >= 4 is 46.9 Å². The van der Waals surface area contributed by atoms with Gasteiger partial charge in [-0.2, -0.15) is 13.6 Å². The number of rotatable bonds is 12. The molecule has 0 radical (unpaired) electrons. The molecule has 22 nitrogen and oxygen atoms in total. The summed E-state index contributed by atoms with van der Waals surface area (Å²) in [5.74, 6) is -0.847. The van der Waals surface area contributed by atoms with Crippen LogP contribution in [0.3, 0.4) is 0 Å². The highest BCUT2D eigenvalue weighted by Crippen LogP contribution is 2.68. The number of carbonyl (C=O) groups is 1. The van der Waals surface area contributed by atoms with E-state index in [9.17, 15) is 53.3 Å². The molecule has 0 spiro atoms. The number of ether oxygens (including phenoxy) is 1. The topological polar surface area (TPSA) is 338 Å². The first-order valence-electron chi connectivity index (χ1n) is 11.5. The molecule has 25 heteroatoms. The van der Waals surface area contributed by atoms with Gasteiger partial charge in [0.25, 0.3) is 5.56 Å². The number of carbonyl (C=O) groups excluding carboxylic acids is 1. The zero-order valence-corrected chi connectivity index (χ0v) is 24.1. The summed E-state index contributed by atoms with van der Waals surface area (Å²) < 4.78 is 60.1. The number of nitrogen functional groups attached to an aromatic ring is 1. The number of aliphatic hydroxyl groups excluding tert-OH is 2. The van der Waals surface area contributed by atoms with E-state index in [0.717, 1.165) is 17.1 Å². The van der Waals surface area contributed by atoms with E-state index in [1.165, 1.54) is 6.92 Å². The number of pyridine rings is 1. The Morgan fingerprint density at radius 2 is 1.74 bits per heavy atom. The maximum absolute atomic E-state index is 12.3. The molecule has 4 heterocycles. The number of aromatic nitrogens is 5. The number of phosphoric acid groups is 3. The van der Waals surface area contributed by atoms with Gasteiger partial charge < -0.3 is 40.5 Å². The zero-order chi connectivity index (χ0) is 31.9. The van der Waals surface area contributed by atoms with Crippen LogP contribution in [0.4, 0.5) is 5.95 Å². The van der Waals surface area contributed by atoms with Gasteiger partial charge in [0.1, 0.15) is 24.1 Å². The van der Waals surface area contributed by atoms with Crippen molar-refractivity contribution in [2.24, 2.45) is 0 Å². The van der Waals surface area contributed by atoms with Crippen LogP contribution in [0.15, 0.2) is 17.3 Å². The Morgan fingerprint density at radius 3 is 2.40 bits per heavy atom. The van der Waals surface area contributed by atoms with Crippen LogP contribution < -0.4 is 11.3 Å². The van der Waals surface area contributed by atoms with Gasteiger partial charge in [-0.25, -0.2) is 18.7 Å². The van der Waals surface area contributed by atoms with Crippen molar-refractivity contribution in [3.05, 3.63) is 39.7 Å². The number of hydrogen-bond acceptors (Lipinski definition) is 17. The Bertz CT molecular complexity index is 1750. The van der Waals surface area contributed by atoms with Crippen LogP contribution in [0.25, 0.3) is 11.2 Å². The van der Waals surface area contributed by atoms with Crippen LogP contribution in [0, 0.1) is 6.92 Å². The number of imidazole rings is 1. The zero-order valence-electron chi connectivity index (χ0n) is 21.4. The van der Waals surface area contributed by atoms with E-state index < -0.39 is 72.5 Å². The normalized spacial score (nSPS) is 24.8. The fourth-order valence-electron chi connectivity index (χ4n) is 3.77. The number of anilines is 1. The molecule has 236 valence electrons. The molecule has 1 aliphatic heterocycles. The molecule has 3 unspecified atom stereocenters. The maximum atomic E-state index is 12.3. The van der Waals surface area contributed by atoms with E-state index in [0.29, 0.717) is 0 Å². The highest BCUT2D eigenvalue weighted by Gasteiger charge is 2.47. The Kier molecular flexibility index (Phi) is 9.36. The molecule has 1 fully saturated rings. The number of nitrogens with two attached hydrogens (primary N) is 1. The van der Waals surface area contributed by atoms with E-state index in [4.69, 9.17) is 10.5 Å². The van der Waals surface area contributed by atoms with Crippen LogP contribution in [0.1, 0.15) is 27.8 Å². The second kappa shape index (κ2) is 12.2. The summed E-state index contributed by atoms with van der Waals surface area (Å²) in [4.78, 5) is 66.3. The van der Waals surface area contributed by atoms with Crippen LogP contribution in [0.2, 0.25) is 0 Å². The first kappa shape index (κ1) is 33.0. The second-order valence-electron chi connectivity index (χ2n) is 8.71. The van der Waals surface area contributed by atoms with Crippen molar-refractivity contribution in [3.63, 3.8) is 0 Å². The highest BCUT2D eigenvalue weighted by molar-refractivity contribution is 7.66. The molecule has 3 aromatic rings. The summed E-state index contributed by atoms with van der Waals surface area (Å²) in [6, 6.07) is 0.